The summed E-state index contributed by atoms with van der Waals surface area (Å²) < 4.78 is 25.2. The van der Waals surface area contributed by atoms with Crippen LogP contribution in [0.15, 0.2) is 23.1 Å². The first-order chi connectivity index (χ1) is 8.80. The topological polar surface area (TPSA) is 95.7 Å². The quantitative estimate of drug-likeness (QED) is 0.698. The summed E-state index contributed by atoms with van der Waals surface area (Å²) in [5.74, 6) is 0. The van der Waals surface area contributed by atoms with Gasteiger partial charge in [-0.3, -0.25) is 0 Å². The Labute approximate surface area is 113 Å². The van der Waals surface area contributed by atoms with Gasteiger partial charge in [0.25, 0.3) is 0 Å². The summed E-state index contributed by atoms with van der Waals surface area (Å²) in [4.78, 5) is 0.203. The highest BCUT2D eigenvalue weighted by Gasteiger charge is 2.28. The number of anilines is 2. The van der Waals surface area contributed by atoms with Gasteiger partial charge in [-0.1, -0.05) is 0 Å². The van der Waals surface area contributed by atoms with Gasteiger partial charge in [-0.05, 0) is 31.0 Å². The SMILES string of the molecule is CN(C)S(=O)(=O)c1ccc(N)c(NC2CC(O)C2)c1. The third kappa shape index (κ3) is 2.83. The minimum atomic E-state index is -3.46. The van der Waals surface area contributed by atoms with E-state index in [1.807, 2.05) is 0 Å². The number of benzene rings is 1. The minimum Gasteiger partial charge on any atom is -0.397 e. The molecule has 1 saturated carbocycles. The molecule has 0 spiro atoms. The molecule has 0 aromatic heterocycles. The largest absolute Gasteiger partial charge is 0.397 e. The van der Waals surface area contributed by atoms with E-state index < -0.39 is 10.0 Å². The number of aliphatic hydroxyl groups excluding tert-OH is 1. The average molecular weight is 285 g/mol. The van der Waals surface area contributed by atoms with E-state index in [0.717, 1.165) is 4.31 Å². The van der Waals surface area contributed by atoms with Gasteiger partial charge < -0.3 is 16.2 Å². The smallest absolute Gasteiger partial charge is 0.242 e. The fourth-order valence-corrected chi connectivity index (χ4v) is 2.89. The molecule has 1 aliphatic carbocycles. The van der Waals surface area contributed by atoms with E-state index in [1.165, 1.54) is 26.2 Å². The van der Waals surface area contributed by atoms with Crippen LogP contribution in [0.25, 0.3) is 0 Å². The Morgan fingerprint density at radius 3 is 2.53 bits per heavy atom. The summed E-state index contributed by atoms with van der Waals surface area (Å²) in [6.07, 6.45) is 1.04. The Hall–Kier alpha value is -1.31. The van der Waals surface area contributed by atoms with Gasteiger partial charge in [0.2, 0.25) is 10.0 Å². The second-order valence-electron chi connectivity index (χ2n) is 5.00. The van der Waals surface area contributed by atoms with Gasteiger partial charge in [0.05, 0.1) is 22.4 Å². The molecule has 0 bridgehead atoms. The average Bonchev–Trinajstić information content (AvgIpc) is 2.29. The molecule has 0 atom stereocenters. The molecule has 1 aromatic carbocycles. The number of nitrogens with zero attached hydrogens (tertiary/aromatic N) is 1. The summed E-state index contributed by atoms with van der Waals surface area (Å²) >= 11 is 0. The molecule has 0 saturated heterocycles. The zero-order chi connectivity index (χ0) is 14.2. The summed E-state index contributed by atoms with van der Waals surface area (Å²) in [7, 11) is -0.489. The Morgan fingerprint density at radius 2 is 2.00 bits per heavy atom. The lowest BCUT2D eigenvalue weighted by Gasteiger charge is -2.33. The Bertz CT molecular complexity index is 566. The summed E-state index contributed by atoms with van der Waals surface area (Å²) in [5.41, 5.74) is 6.93. The number of hydrogen-bond donors (Lipinski definition) is 3. The van der Waals surface area contributed by atoms with Crippen molar-refractivity contribution in [1.82, 2.24) is 4.31 Å². The number of aliphatic hydroxyl groups is 1. The second-order valence-corrected chi connectivity index (χ2v) is 7.15. The third-order valence-corrected chi connectivity index (χ3v) is 5.09. The van der Waals surface area contributed by atoms with E-state index >= 15 is 0 Å². The van der Waals surface area contributed by atoms with E-state index in [9.17, 15) is 13.5 Å². The van der Waals surface area contributed by atoms with Crippen molar-refractivity contribution in [2.45, 2.75) is 29.9 Å². The lowest BCUT2D eigenvalue weighted by molar-refractivity contribution is 0.0837. The van der Waals surface area contributed by atoms with Gasteiger partial charge in [-0.25, -0.2) is 12.7 Å². The Kier molecular flexibility index (Phi) is 3.71. The third-order valence-electron chi connectivity index (χ3n) is 3.28. The molecule has 1 fully saturated rings. The molecule has 1 aromatic rings. The van der Waals surface area contributed by atoms with Crippen LogP contribution in [0.4, 0.5) is 11.4 Å². The first-order valence-electron chi connectivity index (χ1n) is 6.07. The van der Waals surface area contributed by atoms with Gasteiger partial charge in [0.1, 0.15) is 0 Å². The predicted octanol–water partition coefficient (Wildman–Crippen LogP) is 0.454. The van der Waals surface area contributed by atoms with Crippen molar-refractivity contribution in [1.29, 1.82) is 0 Å². The summed E-state index contributed by atoms with van der Waals surface area (Å²) in [6.45, 7) is 0. The molecular formula is C12H19N3O3S. The maximum absolute atomic E-state index is 12.0. The van der Waals surface area contributed by atoms with Crippen molar-refractivity contribution in [3.63, 3.8) is 0 Å². The van der Waals surface area contributed by atoms with Crippen molar-refractivity contribution >= 4 is 21.4 Å². The van der Waals surface area contributed by atoms with E-state index in [0.29, 0.717) is 24.2 Å². The first-order valence-corrected chi connectivity index (χ1v) is 7.51. The molecule has 0 amide bonds. The highest BCUT2D eigenvalue weighted by atomic mass is 32.2. The standard InChI is InChI=1S/C12H19N3O3S/c1-15(2)19(17,18)10-3-4-11(13)12(7-10)14-8-5-9(16)6-8/h3-4,7-9,14,16H,5-6,13H2,1-2H3. The number of hydrogen-bond acceptors (Lipinski definition) is 5. The fraction of sp³-hybridized carbons (Fsp3) is 0.500. The zero-order valence-electron chi connectivity index (χ0n) is 11.0. The van der Waals surface area contributed by atoms with Crippen LogP contribution in [-0.2, 0) is 10.0 Å². The Balaban J connectivity index is 2.25. The molecule has 0 aliphatic heterocycles. The van der Waals surface area contributed by atoms with Crippen LogP contribution >= 0.6 is 0 Å². The number of nitrogens with one attached hydrogen (secondary N) is 1. The molecule has 4 N–H and O–H groups in total. The van der Waals surface area contributed by atoms with Gasteiger partial charge in [-0.2, -0.15) is 0 Å². The van der Waals surface area contributed by atoms with Crippen LogP contribution in [0.5, 0.6) is 0 Å². The molecule has 6 nitrogen and oxygen atoms in total. The molecule has 0 heterocycles. The van der Waals surface area contributed by atoms with E-state index in [2.05, 4.69) is 5.32 Å². The molecule has 7 heteroatoms. The maximum atomic E-state index is 12.0. The summed E-state index contributed by atoms with van der Waals surface area (Å²) in [6, 6.07) is 4.75. The van der Waals surface area contributed by atoms with Crippen LogP contribution in [0.2, 0.25) is 0 Å². The first kappa shape index (κ1) is 14.1. The van der Waals surface area contributed by atoms with Crippen LogP contribution < -0.4 is 11.1 Å². The van der Waals surface area contributed by atoms with E-state index in [4.69, 9.17) is 5.73 Å². The van der Waals surface area contributed by atoms with Crippen LogP contribution in [0.1, 0.15) is 12.8 Å². The molecular weight excluding hydrogens is 266 g/mol. The zero-order valence-corrected chi connectivity index (χ0v) is 11.8. The van der Waals surface area contributed by atoms with Crippen molar-refractivity contribution in [3.05, 3.63) is 18.2 Å². The van der Waals surface area contributed by atoms with Crippen molar-refractivity contribution in [2.24, 2.45) is 0 Å². The van der Waals surface area contributed by atoms with Crippen molar-refractivity contribution < 1.29 is 13.5 Å². The molecule has 0 radical (unpaired) electrons. The van der Waals surface area contributed by atoms with Gasteiger partial charge in [0, 0.05) is 20.1 Å². The predicted molar refractivity (Wildman–Crippen MR) is 74.4 cm³/mol. The molecule has 0 unspecified atom stereocenters. The van der Waals surface area contributed by atoms with Crippen molar-refractivity contribution in [3.8, 4) is 0 Å². The number of rotatable bonds is 4. The monoisotopic (exact) mass is 285 g/mol. The Morgan fingerprint density at radius 1 is 1.37 bits per heavy atom. The number of sulfonamides is 1. The van der Waals surface area contributed by atoms with Crippen molar-refractivity contribution in [2.75, 3.05) is 25.1 Å². The maximum Gasteiger partial charge on any atom is 0.242 e. The highest BCUT2D eigenvalue weighted by molar-refractivity contribution is 7.89. The van der Waals surface area contributed by atoms with Gasteiger partial charge >= 0.3 is 0 Å². The summed E-state index contributed by atoms with van der Waals surface area (Å²) in [5, 5.41) is 12.4. The van der Waals surface area contributed by atoms with Crippen LogP contribution in [0.3, 0.4) is 0 Å². The molecule has 106 valence electrons. The lowest BCUT2D eigenvalue weighted by atomic mass is 9.89. The second kappa shape index (κ2) is 4.99. The van der Waals surface area contributed by atoms with E-state index in [-0.39, 0.29) is 17.0 Å². The molecule has 2 rings (SSSR count). The van der Waals surface area contributed by atoms with E-state index in [1.54, 1.807) is 6.07 Å². The molecule has 1 aliphatic rings. The highest BCUT2D eigenvalue weighted by Crippen LogP contribution is 2.29. The van der Waals surface area contributed by atoms with Gasteiger partial charge in [-0.15, -0.1) is 0 Å². The fourth-order valence-electron chi connectivity index (χ4n) is 1.96. The number of nitrogens with two attached hydrogens (primary N) is 1. The van der Waals surface area contributed by atoms with Gasteiger partial charge in [0.15, 0.2) is 0 Å². The lowest BCUT2D eigenvalue weighted by Crippen LogP contribution is -2.39. The minimum absolute atomic E-state index is 0.148. The normalized spacial score (nSPS) is 23.2. The van der Waals surface area contributed by atoms with Crippen LogP contribution in [-0.4, -0.2) is 44.1 Å². The molecule has 19 heavy (non-hydrogen) atoms. The van der Waals surface area contributed by atoms with Crippen LogP contribution in [0, 0.1) is 0 Å². The number of nitrogen functional groups attached to an aromatic ring is 1.